The molecule has 3 fully saturated rings. The highest BCUT2D eigenvalue weighted by Crippen LogP contribution is 2.36. The minimum Gasteiger partial charge on any atom is -0.314 e. The number of hydrogen-bond donors (Lipinski definition) is 1. The number of piperazine rings is 1. The molecule has 0 bridgehead atoms. The first kappa shape index (κ1) is 15.7. The molecule has 3 rings (SSSR count). The van der Waals surface area contributed by atoms with Gasteiger partial charge in [-0.05, 0) is 31.6 Å². The number of sulfonamides is 1. The maximum absolute atomic E-state index is 12.8. The molecule has 2 saturated heterocycles. The van der Waals surface area contributed by atoms with Crippen LogP contribution in [0.3, 0.4) is 0 Å². The van der Waals surface area contributed by atoms with Gasteiger partial charge in [0, 0.05) is 45.3 Å². The van der Waals surface area contributed by atoms with Crippen molar-refractivity contribution in [2.24, 2.45) is 5.92 Å². The van der Waals surface area contributed by atoms with Crippen LogP contribution >= 0.6 is 0 Å². The minimum absolute atomic E-state index is 0.302. The molecule has 0 aromatic carbocycles. The van der Waals surface area contributed by atoms with Gasteiger partial charge in [0.15, 0.2) is 0 Å². The molecule has 0 unspecified atom stereocenters. The van der Waals surface area contributed by atoms with E-state index in [0.717, 1.165) is 45.6 Å². The second kappa shape index (κ2) is 6.94. The van der Waals surface area contributed by atoms with E-state index in [9.17, 15) is 8.42 Å². The highest BCUT2D eigenvalue weighted by atomic mass is 32.2. The minimum atomic E-state index is -3.08. The summed E-state index contributed by atoms with van der Waals surface area (Å²) in [5, 5.41) is 3.31. The quantitative estimate of drug-likeness (QED) is 0.837. The summed E-state index contributed by atoms with van der Waals surface area (Å²) >= 11 is 0. The van der Waals surface area contributed by atoms with E-state index in [0.29, 0.717) is 24.3 Å². The summed E-state index contributed by atoms with van der Waals surface area (Å²) in [7, 11) is -3.08. The molecule has 2 heterocycles. The molecule has 6 heteroatoms. The molecule has 3 aliphatic rings. The summed E-state index contributed by atoms with van der Waals surface area (Å²) in [5.74, 6) is 0.928. The molecule has 1 N–H and O–H groups in total. The normalized spacial score (nSPS) is 32.8. The summed E-state index contributed by atoms with van der Waals surface area (Å²) in [5.41, 5.74) is 0. The van der Waals surface area contributed by atoms with E-state index in [2.05, 4.69) is 10.2 Å². The van der Waals surface area contributed by atoms with Crippen molar-refractivity contribution in [3.63, 3.8) is 0 Å². The van der Waals surface area contributed by atoms with Gasteiger partial charge in [0.25, 0.3) is 0 Å². The summed E-state index contributed by atoms with van der Waals surface area (Å²) in [6.07, 6.45) is 7.08. The lowest BCUT2D eigenvalue weighted by Gasteiger charge is -2.43. The van der Waals surface area contributed by atoms with Gasteiger partial charge in [0.05, 0.1) is 5.75 Å². The van der Waals surface area contributed by atoms with Crippen LogP contribution in [0.15, 0.2) is 0 Å². The molecule has 0 aromatic rings. The number of hydrogen-bond acceptors (Lipinski definition) is 4. The van der Waals surface area contributed by atoms with E-state index >= 15 is 0 Å². The van der Waals surface area contributed by atoms with Gasteiger partial charge in [-0.2, -0.15) is 4.31 Å². The van der Waals surface area contributed by atoms with Gasteiger partial charge in [-0.3, -0.25) is 4.90 Å². The van der Waals surface area contributed by atoms with Crippen LogP contribution in [0.5, 0.6) is 0 Å². The third-order valence-corrected chi connectivity index (χ3v) is 7.29. The van der Waals surface area contributed by atoms with Crippen LogP contribution in [-0.4, -0.2) is 68.7 Å². The molecule has 5 nitrogen and oxygen atoms in total. The molecule has 2 aliphatic heterocycles. The first-order valence-corrected chi connectivity index (χ1v) is 10.2. The maximum Gasteiger partial charge on any atom is 0.215 e. The predicted molar refractivity (Wildman–Crippen MR) is 84.8 cm³/mol. The Kier molecular flexibility index (Phi) is 5.19. The van der Waals surface area contributed by atoms with Crippen LogP contribution in [0.4, 0.5) is 0 Å². The molecule has 21 heavy (non-hydrogen) atoms. The average Bonchev–Trinajstić information content (AvgIpc) is 2.53. The van der Waals surface area contributed by atoms with Crippen LogP contribution in [0.25, 0.3) is 0 Å². The van der Waals surface area contributed by atoms with Crippen molar-refractivity contribution in [3.05, 3.63) is 0 Å². The highest BCUT2D eigenvalue weighted by Gasteiger charge is 2.39. The number of piperidine rings is 1. The topological polar surface area (TPSA) is 52.7 Å². The van der Waals surface area contributed by atoms with Crippen LogP contribution < -0.4 is 5.32 Å². The molecule has 0 spiro atoms. The standard InChI is InChI=1S/C15H29N3O2S/c19-21(20,13-12-17-10-7-16-8-11-17)18-9-3-5-14-4-1-2-6-15(14)18/h14-16H,1-13H2/t14-,15-/m1/s1. The Morgan fingerprint density at radius 1 is 0.952 bits per heavy atom. The highest BCUT2D eigenvalue weighted by molar-refractivity contribution is 7.89. The number of rotatable bonds is 4. The fourth-order valence-electron chi connectivity index (χ4n) is 4.22. The molecule has 2 atom stereocenters. The second-order valence-electron chi connectivity index (χ2n) is 6.77. The van der Waals surface area contributed by atoms with Gasteiger partial charge >= 0.3 is 0 Å². The van der Waals surface area contributed by atoms with Crippen molar-refractivity contribution in [2.75, 3.05) is 45.0 Å². The third-order valence-electron chi connectivity index (χ3n) is 5.42. The van der Waals surface area contributed by atoms with Gasteiger partial charge in [-0.15, -0.1) is 0 Å². The van der Waals surface area contributed by atoms with Crippen LogP contribution in [-0.2, 0) is 10.0 Å². The molecule has 0 aromatic heterocycles. The zero-order valence-electron chi connectivity index (χ0n) is 13.0. The fourth-order valence-corrected chi connectivity index (χ4v) is 6.04. The predicted octanol–water partition coefficient (Wildman–Crippen LogP) is 0.876. The first-order chi connectivity index (χ1) is 10.2. The van der Waals surface area contributed by atoms with Crippen molar-refractivity contribution in [1.82, 2.24) is 14.5 Å². The van der Waals surface area contributed by atoms with Crippen LogP contribution in [0.1, 0.15) is 38.5 Å². The lowest BCUT2D eigenvalue weighted by molar-refractivity contribution is 0.128. The molecular formula is C15H29N3O2S. The zero-order valence-corrected chi connectivity index (χ0v) is 13.8. The number of nitrogens with zero attached hydrogens (tertiary/aromatic N) is 2. The third kappa shape index (κ3) is 3.78. The summed E-state index contributed by atoms with van der Waals surface area (Å²) in [6.45, 7) is 5.36. The summed E-state index contributed by atoms with van der Waals surface area (Å²) in [4.78, 5) is 2.27. The van der Waals surface area contributed by atoms with Crippen molar-refractivity contribution >= 4 is 10.0 Å². The second-order valence-corrected chi connectivity index (χ2v) is 8.81. The van der Waals surface area contributed by atoms with E-state index in [1.807, 2.05) is 4.31 Å². The lowest BCUT2D eigenvalue weighted by Crippen LogP contribution is -2.52. The Balaban J connectivity index is 1.60. The van der Waals surface area contributed by atoms with E-state index in [4.69, 9.17) is 0 Å². The SMILES string of the molecule is O=S(=O)(CCN1CCNCC1)N1CCC[C@H]2CCCC[C@H]21. The smallest absolute Gasteiger partial charge is 0.215 e. The molecule has 1 aliphatic carbocycles. The van der Waals surface area contributed by atoms with Gasteiger partial charge < -0.3 is 5.32 Å². The van der Waals surface area contributed by atoms with Crippen molar-refractivity contribution in [3.8, 4) is 0 Å². The summed E-state index contributed by atoms with van der Waals surface area (Å²) < 4.78 is 27.4. The Labute approximate surface area is 129 Å². The monoisotopic (exact) mass is 315 g/mol. The van der Waals surface area contributed by atoms with Crippen molar-refractivity contribution in [2.45, 2.75) is 44.6 Å². The fraction of sp³-hybridized carbons (Fsp3) is 1.00. The Bertz CT molecular complexity index is 432. The van der Waals surface area contributed by atoms with E-state index in [-0.39, 0.29) is 0 Å². The number of fused-ring (bicyclic) bond motifs is 1. The molecule has 0 amide bonds. The molecule has 0 radical (unpaired) electrons. The number of nitrogens with one attached hydrogen (secondary N) is 1. The van der Waals surface area contributed by atoms with Gasteiger partial charge in [0.2, 0.25) is 10.0 Å². The van der Waals surface area contributed by atoms with Gasteiger partial charge in [-0.1, -0.05) is 12.8 Å². The maximum atomic E-state index is 12.8. The lowest BCUT2D eigenvalue weighted by atomic mass is 9.79. The molecule has 122 valence electrons. The largest absolute Gasteiger partial charge is 0.314 e. The zero-order chi connectivity index (χ0) is 14.7. The average molecular weight is 315 g/mol. The van der Waals surface area contributed by atoms with E-state index < -0.39 is 10.0 Å². The first-order valence-electron chi connectivity index (χ1n) is 8.59. The molecular weight excluding hydrogens is 286 g/mol. The summed E-state index contributed by atoms with van der Waals surface area (Å²) in [6, 6.07) is 0.306. The molecule has 1 saturated carbocycles. The Hall–Kier alpha value is -0.170. The van der Waals surface area contributed by atoms with Crippen LogP contribution in [0, 0.1) is 5.92 Å². The van der Waals surface area contributed by atoms with Crippen molar-refractivity contribution in [1.29, 1.82) is 0 Å². The Morgan fingerprint density at radius 3 is 2.48 bits per heavy atom. The van der Waals surface area contributed by atoms with Gasteiger partial charge in [-0.25, -0.2) is 8.42 Å². The van der Waals surface area contributed by atoms with Crippen molar-refractivity contribution < 1.29 is 8.42 Å². The van der Waals surface area contributed by atoms with E-state index in [1.54, 1.807) is 0 Å². The van der Waals surface area contributed by atoms with Crippen LogP contribution in [0.2, 0.25) is 0 Å². The Morgan fingerprint density at radius 2 is 1.67 bits per heavy atom. The van der Waals surface area contributed by atoms with Gasteiger partial charge in [0.1, 0.15) is 0 Å². The van der Waals surface area contributed by atoms with E-state index in [1.165, 1.54) is 25.7 Å².